The molecule has 0 aliphatic carbocycles. The SMILES string of the molecule is COn1c(SC)ncc(-c2cccnc2)c1=O. The van der Waals surface area contributed by atoms with Crippen LogP contribution in [0.2, 0.25) is 0 Å². The van der Waals surface area contributed by atoms with Crippen molar-refractivity contribution in [1.82, 2.24) is 14.7 Å². The Labute approximate surface area is 102 Å². The normalized spacial score (nSPS) is 10.2. The van der Waals surface area contributed by atoms with Crippen LogP contribution in [0.1, 0.15) is 0 Å². The molecule has 88 valence electrons. The lowest BCUT2D eigenvalue weighted by Gasteiger charge is -2.09. The average Bonchev–Trinajstić information content (AvgIpc) is 2.39. The van der Waals surface area contributed by atoms with Crippen LogP contribution in [0.3, 0.4) is 0 Å². The molecule has 0 fully saturated rings. The molecule has 2 aromatic rings. The van der Waals surface area contributed by atoms with Gasteiger partial charge in [0.25, 0.3) is 5.56 Å². The number of pyridine rings is 1. The summed E-state index contributed by atoms with van der Waals surface area (Å²) < 4.78 is 1.17. The molecule has 0 atom stereocenters. The molecule has 0 aromatic carbocycles. The van der Waals surface area contributed by atoms with E-state index in [1.807, 2.05) is 12.3 Å². The molecule has 17 heavy (non-hydrogen) atoms. The zero-order valence-electron chi connectivity index (χ0n) is 9.45. The standard InChI is InChI=1S/C11H11N3O2S/c1-16-14-10(15)9(7-13-11(14)17-2)8-4-3-5-12-6-8/h3-7H,1-2H3. The molecule has 0 aliphatic heterocycles. The van der Waals surface area contributed by atoms with E-state index >= 15 is 0 Å². The summed E-state index contributed by atoms with van der Waals surface area (Å²) in [6.07, 6.45) is 6.65. The third-order valence-electron chi connectivity index (χ3n) is 2.23. The van der Waals surface area contributed by atoms with Crippen LogP contribution in [0.15, 0.2) is 40.7 Å². The lowest BCUT2D eigenvalue weighted by molar-refractivity contribution is 0.130. The molecule has 0 radical (unpaired) electrons. The lowest BCUT2D eigenvalue weighted by atomic mass is 10.1. The Morgan fingerprint density at radius 3 is 2.82 bits per heavy atom. The summed E-state index contributed by atoms with van der Waals surface area (Å²) in [5, 5.41) is 0.519. The van der Waals surface area contributed by atoms with Crippen LogP contribution >= 0.6 is 11.8 Å². The van der Waals surface area contributed by atoms with Crippen LogP contribution in [-0.2, 0) is 0 Å². The molecule has 0 N–H and O–H groups in total. The van der Waals surface area contributed by atoms with Crippen molar-refractivity contribution >= 4 is 11.8 Å². The molecule has 0 aliphatic rings. The van der Waals surface area contributed by atoms with E-state index in [1.54, 1.807) is 24.7 Å². The molecular weight excluding hydrogens is 238 g/mol. The van der Waals surface area contributed by atoms with Crippen molar-refractivity contribution in [3.05, 3.63) is 41.1 Å². The van der Waals surface area contributed by atoms with Crippen molar-refractivity contribution in [3.63, 3.8) is 0 Å². The fourth-order valence-corrected chi connectivity index (χ4v) is 1.92. The van der Waals surface area contributed by atoms with Gasteiger partial charge < -0.3 is 4.84 Å². The second kappa shape index (κ2) is 5.01. The maximum absolute atomic E-state index is 12.1. The van der Waals surface area contributed by atoms with E-state index in [0.29, 0.717) is 10.7 Å². The summed E-state index contributed by atoms with van der Waals surface area (Å²) in [7, 11) is 1.44. The highest BCUT2D eigenvalue weighted by Gasteiger charge is 2.11. The van der Waals surface area contributed by atoms with E-state index in [0.717, 1.165) is 5.56 Å². The second-order valence-corrected chi connectivity index (χ2v) is 3.96. The Hall–Kier alpha value is -1.82. The van der Waals surface area contributed by atoms with Gasteiger partial charge >= 0.3 is 0 Å². The van der Waals surface area contributed by atoms with Gasteiger partial charge in [0.15, 0.2) is 0 Å². The van der Waals surface area contributed by atoms with Gasteiger partial charge in [-0.3, -0.25) is 9.78 Å². The minimum atomic E-state index is -0.236. The summed E-state index contributed by atoms with van der Waals surface area (Å²) in [6, 6.07) is 3.58. The van der Waals surface area contributed by atoms with Crippen molar-refractivity contribution in [3.8, 4) is 11.1 Å². The Bertz CT molecular complexity index is 569. The summed E-state index contributed by atoms with van der Waals surface area (Å²) in [4.78, 5) is 25.3. The zero-order chi connectivity index (χ0) is 12.3. The van der Waals surface area contributed by atoms with Crippen molar-refractivity contribution in [2.75, 3.05) is 13.4 Å². The van der Waals surface area contributed by atoms with Gasteiger partial charge in [0, 0.05) is 24.2 Å². The zero-order valence-corrected chi connectivity index (χ0v) is 10.3. The van der Waals surface area contributed by atoms with Gasteiger partial charge in [-0.2, -0.15) is 0 Å². The molecular formula is C11H11N3O2S. The number of hydrogen-bond donors (Lipinski definition) is 0. The fourth-order valence-electron chi connectivity index (χ4n) is 1.44. The van der Waals surface area contributed by atoms with Gasteiger partial charge in [-0.15, -0.1) is 4.73 Å². The summed E-state index contributed by atoms with van der Waals surface area (Å²) in [6.45, 7) is 0. The quantitative estimate of drug-likeness (QED) is 0.602. The number of nitrogens with zero attached hydrogens (tertiary/aromatic N) is 3. The minimum absolute atomic E-state index is 0.236. The predicted octanol–water partition coefficient (Wildman–Crippen LogP) is 1.09. The van der Waals surface area contributed by atoms with Crippen LogP contribution in [0.5, 0.6) is 0 Å². The van der Waals surface area contributed by atoms with Crippen LogP contribution in [0.4, 0.5) is 0 Å². The monoisotopic (exact) mass is 249 g/mol. The Balaban J connectivity index is 2.62. The number of thioether (sulfide) groups is 1. The van der Waals surface area contributed by atoms with E-state index in [4.69, 9.17) is 4.84 Å². The average molecular weight is 249 g/mol. The van der Waals surface area contributed by atoms with Crippen molar-refractivity contribution < 1.29 is 4.84 Å². The number of aromatic nitrogens is 3. The summed E-state index contributed by atoms with van der Waals surface area (Å²) in [5.41, 5.74) is 0.959. The van der Waals surface area contributed by atoms with Crippen LogP contribution in [0.25, 0.3) is 11.1 Å². The largest absolute Gasteiger partial charge is 0.411 e. The number of hydrogen-bond acceptors (Lipinski definition) is 5. The third-order valence-corrected chi connectivity index (χ3v) is 2.87. The van der Waals surface area contributed by atoms with E-state index < -0.39 is 0 Å². The van der Waals surface area contributed by atoms with E-state index in [1.165, 1.54) is 23.6 Å². The lowest BCUT2D eigenvalue weighted by Crippen LogP contribution is -2.28. The maximum Gasteiger partial charge on any atom is 0.295 e. The fraction of sp³-hybridized carbons (Fsp3) is 0.182. The van der Waals surface area contributed by atoms with E-state index in [9.17, 15) is 4.79 Å². The van der Waals surface area contributed by atoms with Crippen LogP contribution in [0, 0.1) is 0 Å². The van der Waals surface area contributed by atoms with Gasteiger partial charge in [-0.1, -0.05) is 17.8 Å². The highest BCUT2D eigenvalue weighted by molar-refractivity contribution is 7.98. The first-order chi connectivity index (χ1) is 8.27. The first-order valence-electron chi connectivity index (χ1n) is 4.89. The summed E-state index contributed by atoms with van der Waals surface area (Å²) in [5.74, 6) is 0. The first-order valence-corrected chi connectivity index (χ1v) is 6.11. The maximum atomic E-state index is 12.1. The molecule has 2 aromatic heterocycles. The van der Waals surface area contributed by atoms with Gasteiger partial charge in [-0.25, -0.2) is 4.98 Å². The molecule has 5 nitrogen and oxygen atoms in total. The van der Waals surface area contributed by atoms with Gasteiger partial charge in [0.2, 0.25) is 5.16 Å². The Morgan fingerprint density at radius 2 is 2.24 bits per heavy atom. The molecule has 6 heteroatoms. The van der Waals surface area contributed by atoms with Gasteiger partial charge in [0.05, 0.1) is 5.56 Å². The molecule has 0 bridgehead atoms. The Kier molecular flexibility index (Phi) is 3.43. The highest BCUT2D eigenvalue weighted by Crippen LogP contribution is 2.15. The second-order valence-electron chi connectivity index (χ2n) is 3.18. The van der Waals surface area contributed by atoms with Gasteiger partial charge in [-0.05, 0) is 12.3 Å². The molecule has 0 saturated heterocycles. The number of rotatable bonds is 3. The van der Waals surface area contributed by atoms with Crippen molar-refractivity contribution in [1.29, 1.82) is 0 Å². The molecule has 0 amide bonds. The first kappa shape index (κ1) is 11.7. The summed E-state index contributed by atoms with van der Waals surface area (Å²) >= 11 is 1.35. The van der Waals surface area contributed by atoms with Crippen molar-refractivity contribution in [2.24, 2.45) is 0 Å². The molecule has 2 heterocycles. The highest BCUT2D eigenvalue weighted by atomic mass is 32.2. The Morgan fingerprint density at radius 1 is 1.41 bits per heavy atom. The smallest absolute Gasteiger partial charge is 0.295 e. The molecule has 0 unspecified atom stereocenters. The third kappa shape index (κ3) is 2.16. The van der Waals surface area contributed by atoms with E-state index in [2.05, 4.69) is 9.97 Å². The topological polar surface area (TPSA) is 57.0 Å². The molecule has 0 saturated carbocycles. The molecule has 2 rings (SSSR count). The van der Waals surface area contributed by atoms with Crippen LogP contribution in [-0.4, -0.2) is 28.1 Å². The van der Waals surface area contributed by atoms with Crippen molar-refractivity contribution in [2.45, 2.75) is 5.16 Å². The molecule has 0 spiro atoms. The predicted molar refractivity (Wildman–Crippen MR) is 66.0 cm³/mol. The minimum Gasteiger partial charge on any atom is -0.411 e. The van der Waals surface area contributed by atoms with E-state index in [-0.39, 0.29) is 5.56 Å². The van der Waals surface area contributed by atoms with Crippen LogP contribution < -0.4 is 10.4 Å². The van der Waals surface area contributed by atoms with Gasteiger partial charge in [0.1, 0.15) is 7.11 Å².